The van der Waals surface area contributed by atoms with Crippen LogP contribution >= 0.6 is 0 Å². The SMILES string of the molecule is C#CCNc1cccc(CC(=O)OCCOC)c1. The topological polar surface area (TPSA) is 47.6 Å². The Hall–Kier alpha value is -1.99. The number of carbonyl (C=O) groups excluding carboxylic acids is 1. The van der Waals surface area contributed by atoms with Crippen molar-refractivity contribution in [1.29, 1.82) is 0 Å². The maximum Gasteiger partial charge on any atom is 0.310 e. The number of nitrogens with one attached hydrogen (secondary N) is 1. The third-order valence-electron chi connectivity index (χ3n) is 2.22. The fraction of sp³-hybridized carbons (Fsp3) is 0.357. The molecule has 18 heavy (non-hydrogen) atoms. The molecule has 0 aliphatic rings. The van der Waals surface area contributed by atoms with Crippen LogP contribution in [0.2, 0.25) is 0 Å². The molecule has 0 saturated heterocycles. The lowest BCUT2D eigenvalue weighted by molar-refractivity contribution is -0.144. The van der Waals surface area contributed by atoms with E-state index in [1.165, 1.54) is 0 Å². The second kappa shape index (κ2) is 8.15. The van der Waals surface area contributed by atoms with Crippen molar-refractivity contribution in [1.82, 2.24) is 0 Å². The van der Waals surface area contributed by atoms with Crippen LogP contribution in [0.4, 0.5) is 5.69 Å². The van der Waals surface area contributed by atoms with Crippen LogP contribution in [0.15, 0.2) is 24.3 Å². The maximum atomic E-state index is 11.5. The predicted octanol–water partition coefficient (Wildman–Crippen LogP) is 1.46. The smallest absolute Gasteiger partial charge is 0.310 e. The second-order valence-electron chi connectivity index (χ2n) is 3.65. The molecule has 0 unspecified atom stereocenters. The molecule has 0 spiro atoms. The molecule has 0 fully saturated rings. The van der Waals surface area contributed by atoms with Crippen molar-refractivity contribution in [3.05, 3.63) is 29.8 Å². The summed E-state index contributed by atoms with van der Waals surface area (Å²) in [5, 5.41) is 3.05. The van der Waals surface area contributed by atoms with E-state index < -0.39 is 0 Å². The van der Waals surface area contributed by atoms with Gasteiger partial charge in [-0.2, -0.15) is 0 Å². The first-order valence-corrected chi connectivity index (χ1v) is 5.67. The normalized spacial score (nSPS) is 9.56. The van der Waals surface area contributed by atoms with E-state index in [1.807, 2.05) is 24.3 Å². The highest BCUT2D eigenvalue weighted by Gasteiger charge is 2.05. The Kier molecular flexibility index (Phi) is 6.37. The van der Waals surface area contributed by atoms with Gasteiger partial charge in [0.1, 0.15) is 6.61 Å². The van der Waals surface area contributed by atoms with Crippen LogP contribution in [0, 0.1) is 12.3 Å². The van der Waals surface area contributed by atoms with Crippen molar-refractivity contribution in [3.63, 3.8) is 0 Å². The number of ether oxygens (including phenoxy) is 2. The molecule has 0 atom stereocenters. The molecule has 4 heteroatoms. The van der Waals surface area contributed by atoms with E-state index >= 15 is 0 Å². The van der Waals surface area contributed by atoms with Gasteiger partial charge in [0.25, 0.3) is 0 Å². The molecule has 0 amide bonds. The maximum absolute atomic E-state index is 11.5. The number of anilines is 1. The molecule has 96 valence electrons. The zero-order valence-corrected chi connectivity index (χ0v) is 10.4. The Labute approximate surface area is 107 Å². The number of rotatable bonds is 7. The molecule has 4 nitrogen and oxygen atoms in total. The van der Waals surface area contributed by atoms with E-state index in [4.69, 9.17) is 15.9 Å². The van der Waals surface area contributed by atoms with Gasteiger partial charge in [-0.05, 0) is 17.7 Å². The highest BCUT2D eigenvalue weighted by atomic mass is 16.6. The van der Waals surface area contributed by atoms with Gasteiger partial charge in [-0.25, -0.2) is 0 Å². The number of methoxy groups -OCH3 is 1. The third kappa shape index (κ3) is 5.37. The first-order valence-electron chi connectivity index (χ1n) is 5.67. The summed E-state index contributed by atoms with van der Waals surface area (Å²) in [5.41, 5.74) is 1.79. The summed E-state index contributed by atoms with van der Waals surface area (Å²) in [7, 11) is 1.56. The Balaban J connectivity index is 2.46. The van der Waals surface area contributed by atoms with Crippen LogP contribution in [-0.4, -0.2) is 32.8 Å². The minimum absolute atomic E-state index is 0.245. The molecular formula is C14H17NO3. The predicted molar refractivity (Wildman–Crippen MR) is 70.3 cm³/mol. The first kappa shape index (κ1) is 14.1. The number of benzene rings is 1. The Bertz CT molecular complexity index is 423. The molecular weight excluding hydrogens is 230 g/mol. The van der Waals surface area contributed by atoms with Crippen LogP contribution in [0.1, 0.15) is 5.56 Å². The van der Waals surface area contributed by atoms with Crippen LogP contribution in [-0.2, 0) is 20.7 Å². The van der Waals surface area contributed by atoms with E-state index in [-0.39, 0.29) is 19.0 Å². The summed E-state index contributed by atoms with van der Waals surface area (Å²) >= 11 is 0. The van der Waals surface area contributed by atoms with Crippen molar-refractivity contribution in [3.8, 4) is 12.3 Å². The average molecular weight is 247 g/mol. The molecule has 1 aromatic carbocycles. The Morgan fingerprint density at radius 2 is 2.28 bits per heavy atom. The van der Waals surface area contributed by atoms with Crippen molar-refractivity contribution < 1.29 is 14.3 Å². The highest BCUT2D eigenvalue weighted by molar-refractivity contribution is 5.73. The van der Waals surface area contributed by atoms with E-state index in [1.54, 1.807) is 7.11 Å². The summed E-state index contributed by atoms with van der Waals surface area (Å²) in [4.78, 5) is 11.5. The zero-order valence-electron chi connectivity index (χ0n) is 10.4. The first-order chi connectivity index (χ1) is 8.76. The van der Waals surface area contributed by atoms with Crippen LogP contribution in [0.25, 0.3) is 0 Å². The van der Waals surface area contributed by atoms with Crippen molar-refractivity contribution in [2.75, 3.05) is 32.2 Å². The van der Waals surface area contributed by atoms with Crippen LogP contribution in [0.3, 0.4) is 0 Å². The fourth-order valence-electron chi connectivity index (χ4n) is 1.40. The average Bonchev–Trinajstić information content (AvgIpc) is 2.37. The monoisotopic (exact) mass is 247 g/mol. The summed E-state index contributed by atoms with van der Waals surface area (Å²) in [6, 6.07) is 7.53. The van der Waals surface area contributed by atoms with Crippen molar-refractivity contribution in [2.24, 2.45) is 0 Å². The van der Waals surface area contributed by atoms with Gasteiger partial charge in [-0.1, -0.05) is 18.1 Å². The summed E-state index contributed by atoms with van der Waals surface area (Å²) < 4.78 is 9.79. The Morgan fingerprint density at radius 3 is 3.00 bits per heavy atom. The molecule has 1 rings (SSSR count). The number of hydrogen-bond donors (Lipinski definition) is 1. The van der Waals surface area contributed by atoms with Gasteiger partial charge in [-0.3, -0.25) is 4.79 Å². The van der Waals surface area contributed by atoms with E-state index in [0.717, 1.165) is 11.3 Å². The van der Waals surface area contributed by atoms with Crippen molar-refractivity contribution >= 4 is 11.7 Å². The van der Waals surface area contributed by atoms with Crippen LogP contribution in [0.5, 0.6) is 0 Å². The quantitative estimate of drug-likeness (QED) is 0.450. The summed E-state index contributed by atoms with van der Waals surface area (Å²) in [6.45, 7) is 1.15. The zero-order chi connectivity index (χ0) is 13.2. The number of terminal acetylenes is 1. The van der Waals surface area contributed by atoms with Gasteiger partial charge in [0.2, 0.25) is 0 Å². The molecule has 1 N–H and O–H groups in total. The Morgan fingerprint density at radius 1 is 1.44 bits per heavy atom. The molecule has 0 aliphatic heterocycles. The van der Waals surface area contributed by atoms with E-state index in [2.05, 4.69) is 11.2 Å². The summed E-state index contributed by atoms with van der Waals surface area (Å²) in [6.07, 6.45) is 5.41. The fourth-order valence-corrected chi connectivity index (χ4v) is 1.40. The molecule has 0 aromatic heterocycles. The van der Waals surface area contributed by atoms with Gasteiger partial charge >= 0.3 is 5.97 Å². The van der Waals surface area contributed by atoms with Gasteiger partial charge in [0.05, 0.1) is 19.6 Å². The largest absolute Gasteiger partial charge is 0.463 e. The van der Waals surface area contributed by atoms with E-state index in [0.29, 0.717) is 13.2 Å². The molecule has 1 aromatic rings. The minimum Gasteiger partial charge on any atom is -0.463 e. The third-order valence-corrected chi connectivity index (χ3v) is 2.22. The van der Waals surface area contributed by atoms with Gasteiger partial charge in [0.15, 0.2) is 0 Å². The standard InChI is InChI=1S/C14H17NO3/c1-3-7-15-13-6-4-5-12(10-13)11-14(16)18-9-8-17-2/h1,4-6,10,15H,7-9,11H2,2H3. The van der Waals surface area contributed by atoms with Crippen LogP contribution < -0.4 is 5.32 Å². The highest BCUT2D eigenvalue weighted by Crippen LogP contribution is 2.11. The molecule has 0 aliphatic carbocycles. The number of esters is 1. The minimum atomic E-state index is -0.263. The van der Waals surface area contributed by atoms with Gasteiger partial charge in [-0.15, -0.1) is 6.42 Å². The lowest BCUT2D eigenvalue weighted by Gasteiger charge is -2.06. The van der Waals surface area contributed by atoms with Crippen molar-refractivity contribution in [2.45, 2.75) is 6.42 Å². The summed E-state index contributed by atoms with van der Waals surface area (Å²) in [5.74, 6) is 2.23. The molecule has 0 bridgehead atoms. The van der Waals surface area contributed by atoms with Gasteiger partial charge in [0, 0.05) is 12.8 Å². The lowest BCUT2D eigenvalue weighted by Crippen LogP contribution is -2.12. The van der Waals surface area contributed by atoms with Gasteiger partial charge < -0.3 is 14.8 Å². The molecule has 0 radical (unpaired) electrons. The molecule has 0 heterocycles. The number of hydrogen-bond acceptors (Lipinski definition) is 4. The van der Waals surface area contributed by atoms with E-state index in [9.17, 15) is 4.79 Å². The lowest BCUT2D eigenvalue weighted by atomic mass is 10.1. The number of carbonyl (C=O) groups is 1. The molecule has 0 saturated carbocycles. The second-order valence-corrected chi connectivity index (χ2v) is 3.65.